The van der Waals surface area contributed by atoms with E-state index in [-0.39, 0.29) is 5.02 Å². The number of benzene rings is 1. The molecule has 5 nitrogen and oxygen atoms in total. The Kier molecular flexibility index (Phi) is 3.28. The van der Waals surface area contributed by atoms with Crippen LogP contribution in [0, 0.1) is 0 Å². The Hall–Kier alpha value is -1.18. The van der Waals surface area contributed by atoms with Crippen LogP contribution >= 0.6 is 11.6 Å². The summed E-state index contributed by atoms with van der Waals surface area (Å²) in [5.74, 6) is -1.42. The van der Waals surface area contributed by atoms with Crippen molar-refractivity contribution in [2.75, 3.05) is 0 Å². The van der Waals surface area contributed by atoms with Crippen molar-refractivity contribution in [3.63, 3.8) is 0 Å². The molecule has 0 bridgehead atoms. The Balaban J connectivity index is 3.38. The third-order valence-electron chi connectivity index (χ3n) is 1.54. The molecule has 0 fully saturated rings. The summed E-state index contributed by atoms with van der Waals surface area (Å²) in [7, 11) is -4.56. The largest absolute Gasteiger partial charge is 0.478 e. The van der Waals surface area contributed by atoms with Gasteiger partial charge in [0.15, 0.2) is 0 Å². The molecule has 1 aromatic rings. The van der Waals surface area contributed by atoms with Crippen LogP contribution < -0.4 is 0 Å². The van der Waals surface area contributed by atoms with Gasteiger partial charge < -0.3 is 5.11 Å². The van der Waals surface area contributed by atoms with Crippen molar-refractivity contribution >= 4 is 27.7 Å². The van der Waals surface area contributed by atoms with Gasteiger partial charge in [0.1, 0.15) is 0 Å². The van der Waals surface area contributed by atoms with E-state index in [9.17, 15) is 17.7 Å². The van der Waals surface area contributed by atoms with Crippen molar-refractivity contribution in [2.45, 2.75) is 4.90 Å². The summed E-state index contributed by atoms with van der Waals surface area (Å²) in [5.41, 5.74) is -0.449. The first kappa shape index (κ1) is 11.9. The summed E-state index contributed by atoms with van der Waals surface area (Å²) in [6.07, 6.45) is 0. The predicted octanol–water partition coefficient (Wildman–Crippen LogP) is 1.63. The van der Waals surface area contributed by atoms with E-state index in [0.29, 0.717) is 6.07 Å². The molecular weight excluding hydrogens is 251 g/mol. The molecule has 0 aliphatic rings. The number of carbonyl (C=O) groups is 1. The lowest BCUT2D eigenvalue weighted by atomic mass is 10.2. The van der Waals surface area contributed by atoms with Crippen LogP contribution in [0.4, 0.5) is 4.53 Å². The van der Waals surface area contributed by atoms with Crippen molar-refractivity contribution in [2.24, 2.45) is 0 Å². The minimum absolute atomic E-state index is 0.152. The number of hydrogen-bond acceptors (Lipinski definition) is 4. The first-order valence-electron chi connectivity index (χ1n) is 3.46. The summed E-state index contributed by atoms with van der Waals surface area (Å²) in [6, 6.07) is 2.67. The van der Waals surface area contributed by atoms with Gasteiger partial charge in [0.05, 0.1) is 15.5 Å². The van der Waals surface area contributed by atoms with Crippen LogP contribution in [-0.4, -0.2) is 19.5 Å². The van der Waals surface area contributed by atoms with E-state index in [1.54, 1.807) is 0 Å². The number of carboxylic acids is 1. The Bertz CT molecular complexity index is 498. The molecule has 1 N–H and O–H groups in total. The topological polar surface area (TPSA) is 80.7 Å². The molecule has 0 aliphatic heterocycles. The van der Waals surface area contributed by atoms with Crippen molar-refractivity contribution in [3.8, 4) is 0 Å². The standard InChI is InChI=1S/C7H4ClFO5S/c8-6-2-1-4(15(12,13)14-9)3-5(6)7(10)11/h1-3H,(H,10,11). The van der Waals surface area contributed by atoms with E-state index in [0.717, 1.165) is 12.1 Å². The second kappa shape index (κ2) is 4.13. The van der Waals surface area contributed by atoms with Gasteiger partial charge in [-0.05, 0) is 22.7 Å². The third-order valence-corrected chi connectivity index (χ3v) is 2.87. The number of carboxylic acid groups (broad SMARTS) is 1. The van der Waals surface area contributed by atoms with Gasteiger partial charge in [-0.25, -0.2) is 4.79 Å². The lowest BCUT2D eigenvalue weighted by Crippen LogP contribution is -2.04. The first-order valence-corrected chi connectivity index (χ1v) is 5.25. The van der Waals surface area contributed by atoms with Gasteiger partial charge in [0.25, 0.3) is 0 Å². The maximum Gasteiger partial charge on any atom is 0.337 e. The molecule has 0 aromatic heterocycles. The van der Waals surface area contributed by atoms with E-state index in [4.69, 9.17) is 16.7 Å². The van der Waals surface area contributed by atoms with Crippen molar-refractivity contribution in [1.29, 1.82) is 0 Å². The molecule has 8 heteroatoms. The SMILES string of the molecule is O=C(O)c1cc(S(=O)(=O)OF)ccc1Cl. The summed E-state index contributed by atoms with van der Waals surface area (Å²) >= 11 is 5.47. The van der Waals surface area contributed by atoms with Gasteiger partial charge >= 0.3 is 16.1 Å². The Morgan fingerprint density at radius 2 is 2.07 bits per heavy atom. The summed E-state index contributed by atoms with van der Waals surface area (Å²) in [5, 5.41) is 8.46. The van der Waals surface area contributed by atoms with E-state index >= 15 is 0 Å². The molecule has 15 heavy (non-hydrogen) atoms. The maximum atomic E-state index is 11.6. The lowest BCUT2D eigenvalue weighted by Gasteiger charge is -2.01. The molecule has 82 valence electrons. The highest BCUT2D eigenvalue weighted by Gasteiger charge is 2.19. The quantitative estimate of drug-likeness (QED) is 0.887. The zero-order valence-electron chi connectivity index (χ0n) is 6.98. The summed E-state index contributed by atoms with van der Waals surface area (Å²) in [4.78, 5) is 9.96. The Labute approximate surface area is 89.1 Å². The average Bonchev–Trinajstić information content (AvgIpc) is 2.17. The molecular formula is C7H4ClFO5S. The van der Waals surface area contributed by atoms with Crippen molar-refractivity contribution in [1.82, 2.24) is 0 Å². The van der Waals surface area contributed by atoms with Crippen LogP contribution in [0.3, 0.4) is 0 Å². The fourth-order valence-electron chi connectivity index (χ4n) is 0.860. The Morgan fingerprint density at radius 3 is 2.53 bits per heavy atom. The fourth-order valence-corrected chi connectivity index (χ4v) is 1.63. The fraction of sp³-hybridized carbons (Fsp3) is 0. The van der Waals surface area contributed by atoms with E-state index < -0.39 is 26.5 Å². The van der Waals surface area contributed by atoms with Gasteiger partial charge in [-0.15, -0.1) is 0 Å². The molecule has 0 aliphatic carbocycles. The van der Waals surface area contributed by atoms with Crippen LogP contribution in [-0.2, 0) is 14.5 Å². The molecule has 0 radical (unpaired) electrons. The average molecular weight is 255 g/mol. The highest BCUT2D eigenvalue weighted by atomic mass is 35.5. The molecule has 1 aromatic carbocycles. The molecule has 0 heterocycles. The van der Waals surface area contributed by atoms with Crippen molar-refractivity contribution < 1.29 is 27.2 Å². The molecule has 1 rings (SSSR count). The van der Waals surface area contributed by atoms with Crippen LogP contribution in [0.2, 0.25) is 5.02 Å². The van der Waals surface area contributed by atoms with Crippen LogP contribution in [0.5, 0.6) is 0 Å². The van der Waals surface area contributed by atoms with Crippen LogP contribution in [0.1, 0.15) is 10.4 Å². The van der Waals surface area contributed by atoms with Gasteiger partial charge in [-0.1, -0.05) is 16.0 Å². The highest BCUT2D eigenvalue weighted by Crippen LogP contribution is 2.21. The molecule has 0 saturated carbocycles. The zero-order chi connectivity index (χ0) is 11.6. The molecule has 0 spiro atoms. The van der Waals surface area contributed by atoms with Gasteiger partial charge in [-0.3, -0.25) is 0 Å². The van der Waals surface area contributed by atoms with E-state index in [1.165, 1.54) is 0 Å². The van der Waals surface area contributed by atoms with Gasteiger partial charge in [0.2, 0.25) is 0 Å². The minimum Gasteiger partial charge on any atom is -0.478 e. The number of aromatic carboxylic acids is 1. The highest BCUT2D eigenvalue weighted by molar-refractivity contribution is 7.86. The minimum atomic E-state index is -4.56. The lowest BCUT2D eigenvalue weighted by molar-refractivity contribution is 0.00285. The monoisotopic (exact) mass is 254 g/mol. The van der Waals surface area contributed by atoms with Crippen LogP contribution in [0.15, 0.2) is 23.1 Å². The first-order chi connectivity index (χ1) is 6.88. The number of rotatable bonds is 3. The smallest absolute Gasteiger partial charge is 0.337 e. The number of halogens is 2. The molecule has 0 amide bonds. The van der Waals surface area contributed by atoms with Crippen LogP contribution in [0.25, 0.3) is 0 Å². The van der Waals surface area contributed by atoms with E-state index in [2.05, 4.69) is 4.39 Å². The van der Waals surface area contributed by atoms with Gasteiger partial charge in [-0.2, -0.15) is 8.42 Å². The van der Waals surface area contributed by atoms with Crippen molar-refractivity contribution in [3.05, 3.63) is 28.8 Å². The number of hydrogen-bond donors (Lipinski definition) is 1. The third kappa shape index (κ3) is 2.44. The second-order valence-electron chi connectivity index (χ2n) is 2.46. The predicted molar refractivity (Wildman–Crippen MR) is 47.8 cm³/mol. The second-order valence-corrected chi connectivity index (χ2v) is 4.38. The zero-order valence-corrected chi connectivity index (χ0v) is 8.55. The normalized spacial score (nSPS) is 11.3. The van der Waals surface area contributed by atoms with E-state index in [1.807, 2.05) is 0 Å². The Morgan fingerprint density at radius 1 is 1.47 bits per heavy atom. The maximum absolute atomic E-state index is 11.6. The summed E-state index contributed by atoms with van der Waals surface area (Å²) in [6.45, 7) is 0. The van der Waals surface area contributed by atoms with Gasteiger partial charge in [0, 0.05) is 0 Å². The molecule has 0 saturated heterocycles. The molecule has 0 atom stereocenters. The molecule has 0 unspecified atom stereocenters. The summed E-state index contributed by atoms with van der Waals surface area (Å²) < 4.78 is 36.1.